The molecule has 1 aliphatic heterocycles. The predicted molar refractivity (Wildman–Crippen MR) is 118 cm³/mol. The van der Waals surface area contributed by atoms with Crippen molar-refractivity contribution in [3.05, 3.63) is 53.4 Å². The molecule has 0 spiro atoms. The molecular weight excluding hydrogens is 432 g/mol. The monoisotopic (exact) mass is 455 g/mol. The molecule has 2 aromatic heterocycles. The summed E-state index contributed by atoms with van der Waals surface area (Å²) in [5, 5.41) is 17.1. The van der Waals surface area contributed by atoms with Crippen molar-refractivity contribution >= 4 is 27.8 Å². The molecule has 2 atom stereocenters. The number of methoxy groups -OCH3 is 1. The Labute approximate surface area is 187 Å². The molecule has 5 rings (SSSR count). The van der Waals surface area contributed by atoms with E-state index in [1.165, 1.54) is 13.2 Å². The van der Waals surface area contributed by atoms with Crippen molar-refractivity contribution in [2.75, 3.05) is 13.7 Å². The summed E-state index contributed by atoms with van der Waals surface area (Å²) in [5.41, 5.74) is 3.01. The van der Waals surface area contributed by atoms with Crippen molar-refractivity contribution in [1.82, 2.24) is 14.8 Å². The minimum atomic E-state index is -1.04. The number of hydrogen-bond donors (Lipinski definition) is 2. The highest BCUT2D eigenvalue weighted by atomic mass is 19.1. The smallest absolute Gasteiger partial charge is 0.332 e. The van der Waals surface area contributed by atoms with Gasteiger partial charge in [-0.1, -0.05) is 13.8 Å². The van der Waals surface area contributed by atoms with E-state index < -0.39 is 23.7 Å². The number of aromatic amines is 1. The molecule has 1 fully saturated rings. The molecule has 0 radical (unpaired) electrons. The number of fused-ring (bicyclic) bond motifs is 2. The Bertz CT molecular complexity index is 1390. The molecule has 33 heavy (non-hydrogen) atoms. The van der Waals surface area contributed by atoms with Crippen molar-refractivity contribution in [2.45, 2.75) is 38.2 Å². The van der Waals surface area contributed by atoms with Gasteiger partial charge < -0.3 is 19.1 Å². The van der Waals surface area contributed by atoms with E-state index in [0.29, 0.717) is 27.5 Å². The van der Waals surface area contributed by atoms with E-state index in [0.717, 1.165) is 5.69 Å². The lowest BCUT2D eigenvalue weighted by atomic mass is 9.89. The zero-order valence-corrected chi connectivity index (χ0v) is 18.4. The summed E-state index contributed by atoms with van der Waals surface area (Å²) in [5.74, 6) is -2.28. The van der Waals surface area contributed by atoms with Gasteiger partial charge in [0, 0.05) is 34.1 Å². The van der Waals surface area contributed by atoms with Crippen LogP contribution in [0.25, 0.3) is 27.5 Å². The average Bonchev–Trinajstić information content (AvgIpc) is 3.51. The SMILES string of the molecule is COc1cc(-n2c(C(C)C)c([C@H]3CO[C@H](C(=O)O)C3)c3c(F)c4[nH]ncc4cc32)ccc1F. The van der Waals surface area contributed by atoms with Crippen LogP contribution < -0.4 is 4.74 Å². The molecule has 0 amide bonds. The van der Waals surface area contributed by atoms with Gasteiger partial charge in [-0.2, -0.15) is 5.10 Å². The Morgan fingerprint density at radius 3 is 2.79 bits per heavy atom. The molecule has 2 aromatic carbocycles. The number of nitrogens with one attached hydrogen (secondary N) is 1. The van der Waals surface area contributed by atoms with Crippen LogP contribution in [0.5, 0.6) is 5.75 Å². The highest BCUT2D eigenvalue weighted by molar-refractivity contribution is 6.00. The van der Waals surface area contributed by atoms with Crippen LogP contribution in [0.15, 0.2) is 30.5 Å². The number of halogens is 2. The van der Waals surface area contributed by atoms with Gasteiger partial charge in [0.2, 0.25) is 0 Å². The lowest BCUT2D eigenvalue weighted by Gasteiger charge is -2.18. The van der Waals surface area contributed by atoms with Crippen LogP contribution in [-0.2, 0) is 9.53 Å². The second-order valence-electron chi connectivity index (χ2n) is 8.62. The zero-order chi connectivity index (χ0) is 23.4. The van der Waals surface area contributed by atoms with Crippen LogP contribution in [0.4, 0.5) is 8.78 Å². The number of carboxylic acids is 1. The van der Waals surface area contributed by atoms with E-state index in [9.17, 15) is 14.3 Å². The summed E-state index contributed by atoms with van der Waals surface area (Å²) in [4.78, 5) is 11.5. The summed E-state index contributed by atoms with van der Waals surface area (Å²) in [6.07, 6.45) is 0.841. The van der Waals surface area contributed by atoms with E-state index >= 15 is 4.39 Å². The van der Waals surface area contributed by atoms with Gasteiger partial charge in [0.15, 0.2) is 23.5 Å². The van der Waals surface area contributed by atoms with Gasteiger partial charge in [-0.25, -0.2) is 13.6 Å². The number of carbonyl (C=O) groups is 1. The number of nitrogens with zero attached hydrogens (tertiary/aromatic N) is 2. The van der Waals surface area contributed by atoms with Crippen molar-refractivity contribution in [2.24, 2.45) is 0 Å². The molecule has 0 saturated carbocycles. The number of H-pyrrole nitrogens is 1. The third-order valence-corrected chi connectivity index (χ3v) is 6.30. The minimum absolute atomic E-state index is 0.0526. The largest absolute Gasteiger partial charge is 0.494 e. The van der Waals surface area contributed by atoms with E-state index in [-0.39, 0.29) is 36.1 Å². The third-order valence-electron chi connectivity index (χ3n) is 6.30. The lowest BCUT2D eigenvalue weighted by molar-refractivity contribution is -0.147. The van der Waals surface area contributed by atoms with E-state index in [1.54, 1.807) is 18.3 Å². The average molecular weight is 455 g/mol. The molecule has 1 aliphatic rings. The first-order valence-corrected chi connectivity index (χ1v) is 10.7. The fraction of sp³-hybridized carbons (Fsp3) is 0.333. The van der Waals surface area contributed by atoms with Gasteiger partial charge >= 0.3 is 5.97 Å². The first-order valence-electron chi connectivity index (χ1n) is 10.7. The van der Waals surface area contributed by atoms with Crippen LogP contribution in [-0.4, -0.2) is 45.7 Å². The molecule has 7 nitrogen and oxygen atoms in total. The number of aromatic nitrogens is 3. The maximum absolute atomic E-state index is 15.9. The second kappa shape index (κ2) is 7.84. The van der Waals surface area contributed by atoms with E-state index in [2.05, 4.69) is 10.2 Å². The highest BCUT2D eigenvalue weighted by Crippen LogP contribution is 2.45. The molecule has 0 bridgehead atoms. The Morgan fingerprint density at radius 1 is 1.33 bits per heavy atom. The molecule has 9 heteroatoms. The van der Waals surface area contributed by atoms with Gasteiger partial charge in [-0.3, -0.25) is 5.10 Å². The van der Waals surface area contributed by atoms with Crippen molar-refractivity contribution in [1.29, 1.82) is 0 Å². The first kappa shape index (κ1) is 21.4. The fourth-order valence-corrected chi connectivity index (χ4v) is 4.90. The fourth-order valence-electron chi connectivity index (χ4n) is 4.90. The van der Waals surface area contributed by atoms with Crippen molar-refractivity contribution < 1.29 is 28.2 Å². The predicted octanol–water partition coefficient (Wildman–Crippen LogP) is 4.87. The normalized spacial score (nSPS) is 18.6. The Morgan fingerprint density at radius 2 is 2.12 bits per heavy atom. The third kappa shape index (κ3) is 3.26. The number of rotatable bonds is 5. The minimum Gasteiger partial charge on any atom is -0.494 e. The molecule has 0 unspecified atom stereocenters. The Balaban J connectivity index is 1.87. The quantitative estimate of drug-likeness (QED) is 0.448. The van der Waals surface area contributed by atoms with Crippen LogP contribution >= 0.6 is 0 Å². The number of ether oxygens (including phenoxy) is 2. The molecule has 0 aliphatic carbocycles. The van der Waals surface area contributed by atoms with Crippen molar-refractivity contribution in [3.63, 3.8) is 0 Å². The summed E-state index contributed by atoms with van der Waals surface area (Å²) in [7, 11) is 1.39. The number of aliphatic carboxylic acids is 1. The van der Waals surface area contributed by atoms with Gasteiger partial charge in [0.25, 0.3) is 0 Å². The molecule has 3 heterocycles. The topological polar surface area (TPSA) is 89.4 Å². The summed E-state index contributed by atoms with van der Waals surface area (Å²) < 4.78 is 42.7. The summed E-state index contributed by atoms with van der Waals surface area (Å²) in [6, 6.07) is 6.35. The van der Waals surface area contributed by atoms with E-state index in [4.69, 9.17) is 9.47 Å². The lowest BCUT2D eigenvalue weighted by Crippen LogP contribution is -2.18. The van der Waals surface area contributed by atoms with Crippen molar-refractivity contribution in [3.8, 4) is 11.4 Å². The van der Waals surface area contributed by atoms with Gasteiger partial charge in [0.1, 0.15) is 5.52 Å². The van der Waals surface area contributed by atoms with E-state index in [1.807, 2.05) is 24.5 Å². The Kier molecular flexibility index (Phi) is 5.08. The van der Waals surface area contributed by atoms with Gasteiger partial charge in [-0.05, 0) is 36.1 Å². The zero-order valence-electron chi connectivity index (χ0n) is 18.4. The maximum Gasteiger partial charge on any atom is 0.332 e. The van der Waals surface area contributed by atoms with Gasteiger partial charge in [0.05, 0.1) is 25.4 Å². The van der Waals surface area contributed by atoms with Crippen LogP contribution in [0, 0.1) is 11.6 Å². The van der Waals surface area contributed by atoms with Crippen LogP contribution in [0.3, 0.4) is 0 Å². The number of carboxylic acid groups (broad SMARTS) is 1. The second-order valence-corrected chi connectivity index (χ2v) is 8.62. The first-order chi connectivity index (χ1) is 15.8. The molecule has 4 aromatic rings. The standard InChI is InChI=1S/C24H23F2N3O4/c1-11(2)23-19(13-7-18(24(30)31)33-10-13)20-16(6-12-9-27-28-22(12)21(20)26)29(23)14-4-5-15(25)17(8-14)32-3/h4-6,8-9,11,13,18H,7,10H2,1-3H3,(H,27,28)(H,30,31)/t13-,18+/m1/s1. The molecule has 172 valence electrons. The van der Waals surface area contributed by atoms with Crippen LogP contribution in [0.2, 0.25) is 0 Å². The number of hydrogen-bond acceptors (Lipinski definition) is 4. The van der Waals surface area contributed by atoms with Gasteiger partial charge in [-0.15, -0.1) is 0 Å². The molecule has 2 N–H and O–H groups in total. The van der Waals surface area contributed by atoms with Crippen LogP contribution in [0.1, 0.15) is 43.4 Å². The molecule has 1 saturated heterocycles. The summed E-state index contributed by atoms with van der Waals surface area (Å²) >= 11 is 0. The maximum atomic E-state index is 15.9. The highest BCUT2D eigenvalue weighted by Gasteiger charge is 2.37. The Hall–Kier alpha value is -3.46. The number of benzene rings is 2. The summed E-state index contributed by atoms with van der Waals surface area (Å²) in [6.45, 7) is 4.15. The molecular formula is C24H23F2N3O4.